The molecular formula is C24H20N6O. The van der Waals surface area contributed by atoms with E-state index in [-0.39, 0.29) is 11.5 Å². The second kappa shape index (κ2) is 7.26. The first-order valence-electron chi connectivity index (χ1n) is 10.1. The number of nitrogens with zero attached hydrogens (tertiary/aromatic N) is 5. The molecule has 0 atom stereocenters. The topological polar surface area (TPSA) is 91.8 Å². The Morgan fingerprint density at radius 1 is 1.16 bits per heavy atom. The van der Waals surface area contributed by atoms with Crippen LogP contribution in [0.25, 0.3) is 27.7 Å². The van der Waals surface area contributed by atoms with Gasteiger partial charge in [0.05, 0.1) is 18.4 Å². The Balaban J connectivity index is 1.61. The standard InChI is InChI=1S/C24H20N6O/c1-15(2)21-22(28-23-18(10-25)11-27-30(23)24(21)31)19-12-26-29(14-19)13-17-8-5-7-16-6-3-4-9-20(16)17/h3-9,11-12,14-15,27H,13H2,1-2H3. The minimum atomic E-state index is -0.196. The highest BCUT2D eigenvalue weighted by atomic mass is 16.1. The van der Waals surface area contributed by atoms with Crippen LogP contribution >= 0.6 is 0 Å². The summed E-state index contributed by atoms with van der Waals surface area (Å²) in [5.74, 6) is -0.0397. The summed E-state index contributed by atoms with van der Waals surface area (Å²) in [4.78, 5) is 17.8. The Hall–Kier alpha value is -4.18. The average molecular weight is 408 g/mol. The van der Waals surface area contributed by atoms with Crippen LogP contribution in [0.3, 0.4) is 0 Å². The average Bonchev–Trinajstić information content (AvgIpc) is 3.40. The van der Waals surface area contributed by atoms with Crippen molar-refractivity contribution in [2.45, 2.75) is 26.3 Å². The van der Waals surface area contributed by atoms with Crippen molar-refractivity contribution in [3.63, 3.8) is 0 Å². The molecule has 2 aromatic carbocycles. The van der Waals surface area contributed by atoms with Gasteiger partial charge in [0, 0.05) is 23.5 Å². The van der Waals surface area contributed by atoms with Crippen LogP contribution in [-0.4, -0.2) is 24.4 Å². The van der Waals surface area contributed by atoms with Gasteiger partial charge in [-0.15, -0.1) is 0 Å². The van der Waals surface area contributed by atoms with E-state index in [1.165, 1.54) is 21.5 Å². The van der Waals surface area contributed by atoms with Crippen molar-refractivity contribution in [1.29, 1.82) is 5.26 Å². The Labute approximate surface area is 178 Å². The lowest BCUT2D eigenvalue weighted by Gasteiger charge is -2.10. The van der Waals surface area contributed by atoms with Crippen LogP contribution in [-0.2, 0) is 6.54 Å². The van der Waals surface area contributed by atoms with Crippen molar-refractivity contribution in [3.05, 3.63) is 88.1 Å². The summed E-state index contributed by atoms with van der Waals surface area (Å²) in [5.41, 5.74) is 3.55. The summed E-state index contributed by atoms with van der Waals surface area (Å²) in [5, 5.41) is 19.1. The largest absolute Gasteiger partial charge is 0.295 e. The highest BCUT2D eigenvalue weighted by molar-refractivity contribution is 5.85. The highest BCUT2D eigenvalue weighted by Gasteiger charge is 2.20. The third kappa shape index (κ3) is 3.09. The predicted octanol–water partition coefficient (Wildman–Crippen LogP) is 4.08. The number of hydrogen-bond acceptors (Lipinski definition) is 4. The second-order valence-corrected chi connectivity index (χ2v) is 7.86. The molecule has 3 aromatic heterocycles. The van der Waals surface area contributed by atoms with Crippen LogP contribution in [0, 0.1) is 11.3 Å². The van der Waals surface area contributed by atoms with Gasteiger partial charge in [-0.2, -0.15) is 10.4 Å². The molecule has 0 bridgehead atoms. The molecule has 0 fully saturated rings. The minimum Gasteiger partial charge on any atom is -0.295 e. The summed E-state index contributed by atoms with van der Waals surface area (Å²) < 4.78 is 3.19. The minimum absolute atomic E-state index is 0.0397. The van der Waals surface area contributed by atoms with E-state index in [2.05, 4.69) is 45.5 Å². The van der Waals surface area contributed by atoms with Gasteiger partial charge in [-0.25, -0.2) is 9.50 Å². The molecule has 0 saturated heterocycles. The van der Waals surface area contributed by atoms with Crippen LogP contribution < -0.4 is 5.56 Å². The maximum absolute atomic E-state index is 13.1. The maximum Gasteiger partial charge on any atom is 0.276 e. The molecule has 152 valence electrons. The lowest BCUT2D eigenvalue weighted by molar-refractivity contribution is 0.690. The molecule has 0 amide bonds. The fraction of sp³-hybridized carbons (Fsp3) is 0.167. The summed E-state index contributed by atoms with van der Waals surface area (Å²) >= 11 is 0. The van der Waals surface area contributed by atoms with Crippen LogP contribution in [0.15, 0.2) is 65.8 Å². The van der Waals surface area contributed by atoms with E-state index in [0.717, 1.165) is 11.1 Å². The lowest BCUT2D eigenvalue weighted by Crippen LogP contribution is -2.22. The summed E-state index contributed by atoms with van der Waals surface area (Å²) in [6.07, 6.45) is 5.14. The molecule has 5 rings (SSSR count). The Bertz CT molecular complexity index is 1520. The molecule has 5 aromatic rings. The van der Waals surface area contributed by atoms with Crippen molar-refractivity contribution in [2.24, 2.45) is 0 Å². The number of benzene rings is 2. The molecule has 3 heterocycles. The Morgan fingerprint density at radius 3 is 2.77 bits per heavy atom. The molecule has 7 heteroatoms. The van der Waals surface area contributed by atoms with Crippen LogP contribution in [0.1, 0.15) is 36.5 Å². The van der Waals surface area contributed by atoms with Crippen molar-refractivity contribution in [1.82, 2.24) is 24.4 Å². The van der Waals surface area contributed by atoms with E-state index in [9.17, 15) is 10.1 Å². The zero-order valence-corrected chi connectivity index (χ0v) is 17.2. The van der Waals surface area contributed by atoms with Gasteiger partial charge in [-0.05, 0) is 22.3 Å². The van der Waals surface area contributed by atoms with Crippen LogP contribution in [0.2, 0.25) is 0 Å². The van der Waals surface area contributed by atoms with E-state index < -0.39 is 0 Å². The number of aromatic nitrogens is 5. The van der Waals surface area contributed by atoms with E-state index in [4.69, 9.17) is 0 Å². The number of aromatic amines is 1. The molecule has 1 N–H and O–H groups in total. The van der Waals surface area contributed by atoms with E-state index >= 15 is 0 Å². The third-order valence-electron chi connectivity index (χ3n) is 5.51. The van der Waals surface area contributed by atoms with E-state index in [1.54, 1.807) is 6.20 Å². The lowest BCUT2D eigenvalue weighted by atomic mass is 10.00. The first-order chi connectivity index (χ1) is 15.1. The summed E-state index contributed by atoms with van der Waals surface area (Å²) in [6, 6.07) is 16.6. The molecule has 0 aliphatic heterocycles. The predicted molar refractivity (Wildman–Crippen MR) is 119 cm³/mol. The zero-order chi connectivity index (χ0) is 21.5. The SMILES string of the molecule is CC(C)c1c(-c2cnn(Cc3cccc4ccccc34)c2)nc2c(C#N)c[nH]n2c1=O. The fourth-order valence-electron chi connectivity index (χ4n) is 4.03. The molecular weight excluding hydrogens is 388 g/mol. The number of hydrogen-bond donors (Lipinski definition) is 1. The first-order valence-corrected chi connectivity index (χ1v) is 10.1. The monoisotopic (exact) mass is 408 g/mol. The third-order valence-corrected chi connectivity index (χ3v) is 5.51. The van der Waals surface area contributed by atoms with Gasteiger partial charge in [0.25, 0.3) is 5.56 Å². The molecule has 0 saturated carbocycles. The number of fused-ring (bicyclic) bond motifs is 2. The molecule has 0 radical (unpaired) electrons. The van der Waals surface area contributed by atoms with Gasteiger partial charge in [-0.3, -0.25) is 14.6 Å². The van der Waals surface area contributed by atoms with Crippen LogP contribution in [0.5, 0.6) is 0 Å². The molecule has 0 aliphatic carbocycles. The van der Waals surface area contributed by atoms with E-state index in [0.29, 0.717) is 29.0 Å². The van der Waals surface area contributed by atoms with Crippen LogP contribution in [0.4, 0.5) is 0 Å². The number of nitriles is 1. The Morgan fingerprint density at radius 2 is 1.97 bits per heavy atom. The molecule has 0 spiro atoms. The second-order valence-electron chi connectivity index (χ2n) is 7.86. The quantitative estimate of drug-likeness (QED) is 0.485. The Kier molecular flexibility index (Phi) is 4.41. The number of nitrogens with one attached hydrogen (secondary N) is 1. The number of H-pyrrole nitrogens is 1. The van der Waals surface area contributed by atoms with E-state index in [1.807, 2.05) is 42.9 Å². The van der Waals surface area contributed by atoms with Gasteiger partial charge < -0.3 is 0 Å². The van der Waals surface area contributed by atoms with Crippen molar-refractivity contribution >= 4 is 16.4 Å². The van der Waals surface area contributed by atoms with Crippen molar-refractivity contribution < 1.29 is 0 Å². The van der Waals surface area contributed by atoms with Gasteiger partial charge in [0.15, 0.2) is 5.65 Å². The smallest absolute Gasteiger partial charge is 0.276 e. The van der Waals surface area contributed by atoms with Crippen molar-refractivity contribution in [2.75, 3.05) is 0 Å². The maximum atomic E-state index is 13.1. The van der Waals surface area contributed by atoms with Gasteiger partial charge in [0.1, 0.15) is 11.6 Å². The summed E-state index contributed by atoms with van der Waals surface area (Å²) in [7, 11) is 0. The summed E-state index contributed by atoms with van der Waals surface area (Å²) in [6.45, 7) is 4.53. The van der Waals surface area contributed by atoms with Crippen molar-refractivity contribution in [3.8, 4) is 17.3 Å². The number of rotatable bonds is 4. The normalized spacial score (nSPS) is 11.4. The molecule has 7 nitrogen and oxygen atoms in total. The first kappa shape index (κ1) is 18.8. The fourth-order valence-corrected chi connectivity index (χ4v) is 4.03. The molecule has 0 unspecified atom stereocenters. The van der Waals surface area contributed by atoms with Gasteiger partial charge >= 0.3 is 0 Å². The van der Waals surface area contributed by atoms with Gasteiger partial charge in [0.2, 0.25) is 0 Å². The van der Waals surface area contributed by atoms with Gasteiger partial charge in [-0.1, -0.05) is 56.3 Å². The zero-order valence-electron chi connectivity index (χ0n) is 17.2. The highest BCUT2D eigenvalue weighted by Crippen LogP contribution is 2.26. The molecule has 0 aliphatic rings. The molecule has 31 heavy (non-hydrogen) atoms.